The van der Waals surface area contributed by atoms with Gasteiger partial charge >= 0.3 is 0 Å². The minimum Gasteiger partial charge on any atom is -0.369 e. The number of rotatable bonds is 5. The third-order valence-electron chi connectivity index (χ3n) is 3.75. The largest absolute Gasteiger partial charge is 0.369 e. The van der Waals surface area contributed by atoms with Gasteiger partial charge in [0.1, 0.15) is 5.60 Å². The molecule has 1 aromatic carbocycles. The normalized spacial score (nSPS) is 15.4. The van der Waals surface area contributed by atoms with Crippen molar-refractivity contribution in [3.05, 3.63) is 35.4 Å². The van der Waals surface area contributed by atoms with Gasteiger partial charge in [-0.15, -0.1) is 0 Å². The topological polar surface area (TPSA) is 29.5 Å². The molecule has 1 saturated carbocycles. The van der Waals surface area contributed by atoms with E-state index in [9.17, 15) is 4.79 Å². The van der Waals surface area contributed by atoms with Crippen LogP contribution in [0.3, 0.4) is 0 Å². The lowest BCUT2D eigenvalue weighted by Crippen LogP contribution is -2.47. The van der Waals surface area contributed by atoms with Crippen LogP contribution >= 0.6 is 0 Å². The van der Waals surface area contributed by atoms with Gasteiger partial charge in [0.2, 0.25) is 0 Å². The van der Waals surface area contributed by atoms with Gasteiger partial charge in [-0.2, -0.15) is 0 Å². The minimum absolute atomic E-state index is 0.0816. The number of amides is 1. The zero-order valence-corrected chi connectivity index (χ0v) is 12.3. The predicted molar refractivity (Wildman–Crippen MR) is 75.8 cm³/mol. The first-order valence-electron chi connectivity index (χ1n) is 6.86. The van der Waals surface area contributed by atoms with Crippen molar-refractivity contribution in [3.8, 4) is 0 Å². The van der Waals surface area contributed by atoms with Crippen molar-refractivity contribution in [1.82, 2.24) is 4.90 Å². The Hall–Kier alpha value is -1.35. The zero-order chi connectivity index (χ0) is 14.0. The van der Waals surface area contributed by atoms with E-state index in [0.717, 1.165) is 12.8 Å². The number of hydrogen-bond donors (Lipinski definition) is 0. The van der Waals surface area contributed by atoms with Gasteiger partial charge in [0.25, 0.3) is 5.91 Å². The Balaban J connectivity index is 2.13. The van der Waals surface area contributed by atoms with E-state index in [-0.39, 0.29) is 5.91 Å². The number of aryl methyl sites for hydroxylation is 1. The Morgan fingerprint density at radius 2 is 1.89 bits per heavy atom. The van der Waals surface area contributed by atoms with Gasteiger partial charge in [-0.05, 0) is 39.2 Å². The Morgan fingerprint density at radius 3 is 2.37 bits per heavy atom. The lowest BCUT2D eigenvalue weighted by molar-refractivity contribution is -0.152. The summed E-state index contributed by atoms with van der Waals surface area (Å²) < 4.78 is 5.32. The van der Waals surface area contributed by atoms with E-state index in [1.807, 2.05) is 18.7 Å². The van der Waals surface area contributed by atoms with Crippen LogP contribution in [0.5, 0.6) is 0 Å². The van der Waals surface area contributed by atoms with E-state index in [1.165, 1.54) is 11.1 Å². The zero-order valence-electron chi connectivity index (χ0n) is 12.3. The molecule has 3 heteroatoms. The van der Waals surface area contributed by atoms with Crippen molar-refractivity contribution in [1.29, 1.82) is 0 Å². The fourth-order valence-electron chi connectivity index (χ4n) is 2.08. The maximum atomic E-state index is 12.5. The maximum absolute atomic E-state index is 12.5. The summed E-state index contributed by atoms with van der Waals surface area (Å²) in [4.78, 5) is 14.5. The summed E-state index contributed by atoms with van der Waals surface area (Å²) in [6.45, 7) is 6.41. The highest BCUT2D eigenvalue weighted by molar-refractivity contribution is 5.85. The molecule has 1 aliphatic rings. The van der Waals surface area contributed by atoms with Gasteiger partial charge in [0, 0.05) is 19.7 Å². The molecule has 0 spiro atoms. The van der Waals surface area contributed by atoms with Gasteiger partial charge < -0.3 is 9.64 Å². The Morgan fingerprint density at radius 1 is 1.32 bits per heavy atom. The molecule has 0 heterocycles. The predicted octanol–water partition coefficient (Wildman–Crippen LogP) is 2.91. The van der Waals surface area contributed by atoms with Crippen molar-refractivity contribution in [2.45, 2.75) is 51.8 Å². The van der Waals surface area contributed by atoms with Gasteiger partial charge in [-0.3, -0.25) is 4.79 Å². The quantitative estimate of drug-likeness (QED) is 0.815. The Bertz CT molecular complexity index is 446. The minimum atomic E-state index is -0.743. The number of carbonyl (C=O) groups is 1. The number of hydrogen-bond acceptors (Lipinski definition) is 2. The van der Waals surface area contributed by atoms with Crippen LogP contribution in [-0.2, 0) is 16.1 Å². The number of carbonyl (C=O) groups excluding carboxylic acids is 1. The number of benzene rings is 1. The van der Waals surface area contributed by atoms with E-state index in [0.29, 0.717) is 12.6 Å². The summed E-state index contributed by atoms with van der Waals surface area (Å²) >= 11 is 0. The second kappa shape index (κ2) is 5.33. The van der Waals surface area contributed by atoms with E-state index in [1.54, 1.807) is 7.11 Å². The van der Waals surface area contributed by atoms with E-state index >= 15 is 0 Å². The first-order chi connectivity index (χ1) is 8.94. The molecule has 0 unspecified atom stereocenters. The second-order valence-electron chi connectivity index (χ2n) is 5.86. The number of nitrogens with zero attached hydrogens (tertiary/aromatic N) is 1. The SMILES string of the molecule is COC(C)(C)C(=O)N(Cc1ccc(C)cc1)C1CC1. The van der Waals surface area contributed by atoms with E-state index in [2.05, 4.69) is 31.2 Å². The summed E-state index contributed by atoms with van der Waals surface area (Å²) in [6.07, 6.45) is 2.22. The summed E-state index contributed by atoms with van der Waals surface area (Å²) in [5, 5.41) is 0. The fourth-order valence-corrected chi connectivity index (χ4v) is 2.08. The van der Waals surface area contributed by atoms with Crippen LogP contribution in [0.25, 0.3) is 0 Å². The molecular weight excluding hydrogens is 238 g/mol. The van der Waals surface area contributed by atoms with Gasteiger partial charge in [0.05, 0.1) is 0 Å². The van der Waals surface area contributed by atoms with Crippen molar-refractivity contribution in [3.63, 3.8) is 0 Å². The number of ether oxygens (including phenoxy) is 1. The molecule has 1 amide bonds. The lowest BCUT2D eigenvalue weighted by atomic mass is 10.1. The lowest BCUT2D eigenvalue weighted by Gasteiger charge is -2.31. The standard InChI is InChI=1S/C16H23NO2/c1-12-5-7-13(8-6-12)11-17(14-9-10-14)15(18)16(2,3)19-4/h5-8,14H,9-11H2,1-4H3. The summed E-state index contributed by atoms with van der Waals surface area (Å²) in [7, 11) is 1.59. The van der Waals surface area contributed by atoms with Crippen LogP contribution in [0.15, 0.2) is 24.3 Å². The summed E-state index contributed by atoms with van der Waals surface area (Å²) in [5.41, 5.74) is 1.68. The Kier molecular flexibility index (Phi) is 3.95. The third-order valence-corrected chi connectivity index (χ3v) is 3.75. The molecule has 3 nitrogen and oxygen atoms in total. The summed E-state index contributed by atoms with van der Waals surface area (Å²) in [6, 6.07) is 8.76. The van der Waals surface area contributed by atoms with Crippen molar-refractivity contribution in [2.75, 3.05) is 7.11 Å². The first-order valence-corrected chi connectivity index (χ1v) is 6.86. The molecule has 104 valence electrons. The molecule has 0 N–H and O–H groups in total. The van der Waals surface area contributed by atoms with Crippen LogP contribution in [0.2, 0.25) is 0 Å². The second-order valence-corrected chi connectivity index (χ2v) is 5.86. The van der Waals surface area contributed by atoms with Crippen LogP contribution in [0, 0.1) is 6.92 Å². The van der Waals surface area contributed by atoms with Crippen LogP contribution in [0.1, 0.15) is 37.8 Å². The first kappa shape index (κ1) is 14.1. The van der Waals surface area contributed by atoms with Gasteiger partial charge in [-0.25, -0.2) is 0 Å². The monoisotopic (exact) mass is 261 g/mol. The number of methoxy groups -OCH3 is 1. The van der Waals surface area contributed by atoms with Gasteiger partial charge in [-0.1, -0.05) is 29.8 Å². The summed E-state index contributed by atoms with van der Waals surface area (Å²) in [5.74, 6) is 0.0816. The molecule has 0 bridgehead atoms. The molecule has 0 atom stereocenters. The smallest absolute Gasteiger partial charge is 0.254 e. The highest BCUT2D eigenvalue weighted by atomic mass is 16.5. The van der Waals surface area contributed by atoms with Crippen molar-refractivity contribution in [2.24, 2.45) is 0 Å². The molecular formula is C16H23NO2. The van der Waals surface area contributed by atoms with Crippen molar-refractivity contribution >= 4 is 5.91 Å². The average molecular weight is 261 g/mol. The van der Waals surface area contributed by atoms with Crippen LogP contribution < -0.4 is 0 Å². The van der Waals surface area contributed by atoms with Gasteiger partial charge in [0.15, 0.2) is 0 Å². The fraction of sp³-hybridized carbons (Fsp3) is 0.562. The Labute approximate surface area is 115 Å². The average Bonchev–Trinajstić information content (AvgIpc) is 3.21. The highest BCUT2D eigenvalue weighted by Crippen LogP contribution is 2.31. The van der Waals surface area contributed by atoms with Crippen LogP contribution in [0.4, 0.5) is 0 Å². The molecule has 1 fully saturated rings. The molecule has 1 aromatic rings. The highest BCUT2D eigenvalue weighted by Gasteiger charge is 2.39. The van der Waals surface area contributed by atoms with E-state index in [4.69, 9.17) is 4.74 Å². The third kappa shape index (κ3) is 3.35. The molecule has 2 rings (SSSR count). The molecule has 0 saturated heterocycles. The van der Waals surface area contributed by atoms with Crippen molar-refractivity contribution < 1.29 is 9.53 Å². The molecule has 0 radical (unpaired) electrons. The molecule has 0 aliphatic heterocycles. The van der Waals surface area contributed by atoms with Crippen LogP contribution in [-0.4, -0.2) is 29.6 Å². The van der Waals surface area contributed by atoms with E-state index < -0.39 is 5.60 Å². The maximum Gasteiger partial charge on any atom is 0.254 e. The molecule has 1 aliphatic carbocycles. The molecule has 0 aromatic heterocycles. The molecule has 19 heavy (non-hydrogen) atoms.